The van der Waals surface area contributed by atoms with Gasteiger partial charge in [0.1, 0.15) is 5.82 Å². The Kier molecular flexibility index (Phi) is 4.14. The molecular weight excluding hydrogens is 357 g/mol. The van der Waals surface area contributed by atoms with Crippen molar-refractivity contribution in [2.24, 2.45) is 0 Å². The van der Waals surface area contributed by atoms with Gasteiger partial charge in [-0.2, -0.15) is 9.50 Å². The molecule has 2 aromatic carbocycles. The highest BCUT2D eigenvalue weighted by atomic mass is 35.5. The zero-order chi connectivity index (χ0) is 18.1. The summed E-state index contributed by atoms with van der Waals surface area (Å²) < 4.78 is 14.3. The van der Waals surface area contributed by atoms with Gasteiger partial charge >= 0.3 is 0 Å². The van der Waals surface area contributed by atoms with Crippen molar-refractivity contribution in [3.05, 3.63) is 81.5 Å². The van der Waals surface area contributed by atoms with Crippen molar-refractivity contribution >= 4 is 23.1 Å². The number of anilines is 1. The minimum Gasteiger partial charge on any atom is -0.379 e. The first-order valence-corrected chi connectivity index (χ1v) is 8.20. The number of hydrogen-bond acceptors (Lipinski definition) is 4. The SMILES string of the molecule is O=c1cc(CNc2ccc(Cl)cc2)nc2nc(-c3ccc(F)cc3)[nH]n12. The molecule has 130 valence electrons. The van der Waals surface area contributed by atoms with Crippen LogP contribution < -0.4 is 10.9 Å². The van der Waals surface area contributed by atoms with Crippen LogP contribution in [0.15, 0.2) is 59.4 Å². The topological polar surface area (TPSA) is 75.1 Å². The fourth-order valence-corrected chi connectivity index (χ4v) is 2.64. The lowest BCUT2D eigenvalue weighted by atomic mass is 10.2. The predicted octanol–water partition coefficient (Wildman–Crippen LogP) is 3.49. The van der Waals surface area contributed by atoms with Gasteiger partial charge in [0.2, 0.25) is 0 Å². The van der Waals surface area contributed by atoms with E-state index in [1.165, 1.54) is 22.7 Å². The van der Waals surface area contributed by atoms with Crippen LogP contribution in [0.3, 0.4) is 0 Å². The van der Waals surface area contributed by atoms with Crippen LogP contribution in [0, 0.1) is 5.82 Å². The highest BCUT2D eigenvalue weighted by molar-refractivity contribution is 6.30. The molecule has 0 unspecified atom stereocenters. The van der Waals surface area contributed by atoms with Crippen molar-refractivity contribution in [3.63, 3.8) is 0 Å². The van der Waals surface area contributed by atoms with Gasteiger partial charge in [-0.25, -0.2) is 9.37 Å². The molecule has 0 aliphatic rings. The Bertz CT molecular complexity index is 1120. The summed E-state index contributed by atoms with van der Waals surface area (Å²) in [7, 11) is 0. The molecule has 0 saturated carbocycles. The van der Waals surface area contributed by atoms with E-state index in [-0.39, 0.29) is 17.2 Å². The van der Waals surface area contributed by atoms with Gasteiger partial charge < -0.3 is 5.32 Å². The average Bonchev–Trinajstić information content (AvgIpc) is 3.07. The monoisotopic (exact) mass is 369 g/mol. The number of hydrogen-bond donors (Lipinski definition) is 2. The summed E-state index contributed by atoms with van der Waals surface area (Å²) in [5.74, 6) is 0.359. The smallest absolute Gasteiger partial charge is 0.274 e. The summed E-state index contributed by atoms with van der Waals surface area (Å²) in [4.78, 5) is 21.0. The normalized spacial score (nSPS) is 11.0. The van der Waals surface area contributed by atoms with Crippen LogP contribution in [0.4, 0.5) is 10.1 Å². The van der Waals surface area contributed by atoms with Gasteiger partial charge in [-0.3, -0.25) is 9.89 Å². The molecule has 0 aliphatic carbocycles. The molecular formula is C18H13ClFN5O. The summed E-state index contributed by atoms with van der Waals surface area (Å²) in [6, 6.07) is 14.5. The maximum absolute atomic E-state index is 13.1. The molecule has 0 radical (unpaired) electrons. The van der Waals surface area contributed by atoms with Gasteiger partial charge in [0.25, 0.3) is 11.3 Å². The first-order chi connectivity index (χ1) is 12.6. The van der Waals surface area contributed by atoms with Crippen LogP contribution in [0.2, 0.25) is 5.02 Å². The molecule has 0 amide bonds. The fraction of sp³-hybridized carbons (Fsp3) is 0.0556. The quantitative estimate of drug-likeness (QED) is 0.577. The third-order valence-corrected chi connectivity index (χ3v) is 4.07. The molecule has 2 N–H and O–H groups in total. The van der Waals surface area contributed by atoms with E-state index in [0.717, 1.165) is 5.69 Å². The molecule has 0 saturated heterocycles. The molecule has 26 heavy (non-hydrogen) atoms. The zero-order valence-electron chi connectivity index (χ0n) is 13.4. The van der Waals surface area contributed by atoms with Crippen LogP contribution in [0.25, 0.3) is 17.2 Å². The summed E-state index contributed by atoms with van der Waals surface area (Å²) in [5.41, 5.74) is 1.81. The second-order valence-electron chi connectivity index (χ2n) is 5.66. The van der Waals surface area contributed by atoms with Gasteiger partial charge in [0, 0.05) is 22.3 Å². The van der Waals surface area contributed by atoms with Crippen LogP contribution in [0.5, 0.6) is 0 Å². The molecule has 0 bridgehead atoms. The second-order valence-corrected chi connectivity index (χ2v) is 6.10. The number of benzene rings is 2. The first kappa shape index (κ1) is 16.3. The average molecular weight is 370 g/mol. The van der Waals surface area contributed by atoms with E-state index < -0.39 is 0 Å². The Morgan fingerprint density at radius 2 is 1.81 bits per heavy atom. The van der Waals surface area contributed by atoms with Crippen molar-refractivity contribution in [2.75, 3.05) is 5.32 Å². The highest BCUT2D eigenvalue weighted by Crippen LogP contribution is 2.16. The van der Waals surface area contributed by atoms with Crippen LogP contribution in [0.1, 0.15) is 5.69 Å². The molecule has 2 aromatic heterocycles. The number of rotatable bonds is 4. The van der Waals surface area contributed by atoms with Crippen molar-refractivity contribution in [1.82, 2.24) is 19.6 Å². The Hall–Kier alpha value is -3.19. The summed E-state index contributed by atoms with van der Waals surface area (Å²) >= 11 is 5.86. The molecule has 0 spiro atoms. The van der Waals surface area contributed by atoms with Gasteiger partial charge in [0.05, 0.1) is 12.2 Å². The first-order valence-electron chi connectivity index (χ1n) is 7.82. The van der Waals surface area contributed by atoms with E-state index in [4.69, 9.17) is 11.6 Å². The number of nitrogens with zero attached hydrogens (tertiary/aromatic N) is 3. The number of nitrogens with one attached hydrogen (secondary N) is 2. The summed E-state index contributed by atoms with van der Waals surface area (Å²) in [6.45, 7) is 0.367. The summed E-state index contributed by atoms with van der Waals surface area (Å²) in [6.07, 6.45) is 0. The number of aromatic amines is 1. The van der Waals surface area contributed by atoms with Crippen LogP contribution in [-0.2, 0) is 6.54 Å². The standard InChI is InChI=1S/C18H13ClFN5O/c19-12-3-7-14(8-4-12)21-10-15-9-16(26)25-18(22-15)23-17(24-25)11-1-5-13(20)6-2-11/h1-9,21H,10H2,(H,22,23,24). The van der Waals surface area contributed by atoms with E-state index >= 15 is 0 Å². The number of halogens is 2. The molecule has 0 fully saturated rings. The van der Waals surface area contributed by atoms with E-state index in [9.17, 15) is 9.18 Å². The van der Waals surface area contributed by atoms with Crippen LogP contribution >= 0.6 is 11.6 Å². The van der Waals surface area contributed by atoms with Crippen molar-refractivity contribution < 1.29 is 4.39 Å². The van der Waals surface area contributed by atoms with E-state index in [1.54, 1.807) is 24.3 Å². The minimum absolute atomic E-state index is 0.254. The van der Waals surface area contributed by atoms with E-state index in [2.05, 4.69) is 20.4 Å². The lowest BCUT2D eigenvalue weighted by molar-refractivity contribution is 0.628. The molecule has 2 heterocycles. The second kappa shape index (κ2) is 6.61. The molecule has 4 rings (SSSR count). The fourth-order valence-electron chi connectivity index (χ4n) is 2.52. The Labute approximate surface area is 152 Å². The lowest BCUT2D eigenvalue weighted by Crippen LogP contribution is -2.17. The Balaban J connectivity index is 1.62. The third-order valence-electron chi connectivity index (χ3n) is 3.82. The number of fused-ring (bicyclic) bond motifs is 1. The molecule has 4 aromatic rings. The van der Waals surface area contributed by atoms with Crippen molar-refractivity contribution in [1.29, 1.82) is 0 Å². The molecule has 0 atom stereocenters. The maximum Gasteiger partial charge on any atom is 0.274 e. The van der Waals surface area contributed by atoms with Crippen molar-refractivity contribution in [2.45, 2.75) is 6.54 Å². The maximum atomic E-state index is 13.1. The Morgan fingerprint density at radius 3 is 2.54 bits per heavy atom. The zero-order valence-corrected chi connectivity index (χ0v) is 14.2. The minimum atomic E-state index is -0.337. The largest absolute Gasteiger partial charge is 0.379 e. The Morgan fingerprint density at radius 1 is 1.08 bits per heavy atom. The third kappa shape index (κ3) is 3.29. The van der Waals surface area contributed by atoms with E-state index in [0.29, 0.717) is 28.6 Å². The molecule has 0 aliphatic heterocycles. The molecule has 6 nitrogen and oxygen atoms in total. The van der Waals surface area contributed by atoms with Crippen LogP contribution in [-0.4, -0.2) is 19.6 Å². The van der Waals surface area contributed by atoms with Crippen molar-refractivity contribution in [3.8, 4) is 11.4 Å². The summed E-state index contributed by atoms with van der Waals surface area (Å²) in [5, 5.41) is 6.71. The number of H-pyrrole nitrogens is 1. The number of aromatic nitrogens is 4. The molecule has 8 heteroatoms. The van der Waals surface area contributed by atoms with Gasteiger partial charge in [-0.15, -0.1) is 0 Å². The highest BCUT2D eigenvalue weighted by Gasteiger charge is 2.10. The predicted molar refractivity (Wildman–Crippen MR) is 97.8 cm³/mol. The van der Waals surface area contributed by atoms with Gasteiger partial charge in [-0.05, 0) is 48.5 Å². The van der Waals surface area contributed by atoms with Gasteiger partial charge in [-0.1, -0.05) is 11.6 Å². The van der Waals surface area contributed by atoms with Gasteiger partial charge in [0.15, 0.2) is 5.82 Å². The lowest BCUT2D eigenvalue weighted by Gasteiger charge is -2.05. The van der Waals surface area contributed by atoms with E-state index in [1.807, 2.05) is 12.1 Å².